The summed E-state index contributed by atoms with van der Waals surface area (Å²) in [4.78, 5) is 17.3. The van der Waals surface area contributed by atoms with Crippen LogP contribution in [0, 0.1) is 0 Å². The number of nitrogens with two attached hydrogens (primary N) is 2. The average molecular weight is 435 g/mol. The smallest absolute Gasteiger partial charge is 0.329 e. The van der Waals surface area contributed by atoms with Gasteiger partial charge >= 0.3 is 12.1 Å². The van der Waals surface area contributed by atoms with Crippen molar-refractivity contribution in [3.05, 3.63) is 52.0 Å². The van der Waals surface area contributed by atoms with E-state index in [1.54, 1.807) is 30.3 Å². The molecule has 0 saturated carbocycles. The highest BCUT2D eigenvalue weighted by molar-refractivity contribution is 6.35. The van der Waals surface area contributed by atoms with Gasteiger partial charge in [-0.3, -0.25) is 10.6 Å². The number of benzene rings is 2. The summed E-state index contributed by atoms with van der Waals surface area (Å²) in [6.07, 6.45) is -7.15. The van der Waals surface area contributed by atoms with E-state index in [1.807, 2.05) is 0 Å². The topological polar surface area (TPSA) is 84.8 Å². The molecule has 2 aromatic carbocycles. The summed E-state index contributed by atoms with van der Waals surface area (Å²) < 4.78 is 38.1. The van der Waals surface area contributed by atoms with Crippen LogP contribution in [0.3, 0.4) is 0 Å². The van der Waals surface area contributed by atoms with Crippen LogP contribution in [0.15, 0.2) is 36.4 Å². The zero-order chi connectivity index (χ0) is 20.8. The Balaban J connectivity index is 2.11. The van der Waals surface area contributed by atoms with Crippen LogP contribution < -0.4 is 16.5 Å². The molecule has 1 aliphatic rings. The van der Waals surface area contributed by atoms with Gasteiger partial charge in [-0.05, 0) is 36.9 Å². The first kappa shape index (κ1) is 20.7. The van der Waals surface area contributed by atoms with E-state index >= 15 is 0 Å². The summed E-state index contributed by atoms with van der Waals surface area (Å²) >= 11 is 12.2. The Bertz CT molecular complexity index is 926. The van der Waals surface area contributed by atoms with Gasteiger partial charge in [0.1, 0.15) is 0 Å². The Morgan fingerprint density at radius 1 is 1.14 bits per heavy atom. The molecule has 0 radical (unpaired) electrons. The lowest BCUT2D eigenvalue weighted by molar-refractivity contribution is -0.204. The Hall–Kier alpha value is -2.04. The molecule has 4 N–H and O–H groups in total. The number of alkyl halides is 3. The third-order valence-corrected chi connectivity index (χ3v) is 4.90. The second-order valence-corrected chi connectivity index (χ2v) is 6.97. The number of carbonyl (C=O) groups is 1. The molecule has 3 rings (SSSR count). The molecule has 0 aromatic heterocycles. The maximum atomic E-state index is 12.7. The van der Waals surface area contributed by atoms with Gasteiger partial charge in [-0.2, -0.15) is 18.2 Å². The van der Waals surface area contributed by atoms with E-state index in [4.69, 9.17) is 34.7 Å². The fourth-order valence-electron chi connectivity index (χ4n) is 2.81. The van der Waals surface area contributed by atoms with Crippen molar-refractivity contribution in [3.63, 3.8) is 0 Å². The first-order valence-electron chi connectivity index (χ1n) is 7.91. The molecule has 0 amide bonds. The summed E-state index contributed by atoms with van der Waals surface area (Å²) in [5, 5.41) is 1.48. The average Bonchev–Trinajstić information content (AvgIpc) is 2.64. The van der Waals surface area contributed by atoms with Crippen LogP contribution >= 0.6 is 23.2 Å². The number of rotatable bonds is 2. The van der Waals surface area contributed by atoms with Gasteiger partial charge in [0.15, 0.2) is 6.29 Å². The Morgan fingerprint density at radius 3 is 2.46 bits per heavy atom. The summed E-state index contributed by atoms with van der Waals surface area (Å²) in [7, 11) is 1.49. The van der Waals surface area contributed by atoms with E-state index in [0.29, 0.717) is 31.8 Å². The van der Waals surface area contributed by atoms with Crippen molar-refractivity contribution in [1.82, 2.24) is 4.90 Å². The van der Waals surface area contributed by atoms with Gasteiger partial charge in [0.2, 0.25) is 0 Å². The number of hydrogen-bond donors (Lipinski definition) is 2. The van der Waals surface area contributed by atoms with Crippen molar-refractivity contribution >= 4 is 34.9 Å². The zero-order valence-corrected chi connectivity index (χ0v) is 15.9. The van der Waals surface area contributed by atoms with Gasteiger partial charge in [0.25, 0.3) is 0 Å². The predicted molar refractivity (Wildman–Crippen MR) is 99.2 cm³/mol. The molecule has 0 saturated heterocycles. The number of hydrogen-bond acceptors (Lipinski definition) is 6. The lowest BCUT2D eigenvalue weighted by Gasteiger charge is -2.43. The first-order valence-corrected chi connectivity index (χ1v) is 8.67. The number of hydroxylamine groups is 1. The number of halogens is 5. The van der Waals surface area contributed by atoms with Crippen LogP contribution in [0.2, 0.25) is 10.0 Å². The maximum absolute atomic E-state index is 12.7. The van der Waals surface area contributed by atoms with Gasteiger partial charge < -0.3 is 10.6 Å². The Labute approximate surface area is 168 Å². The Kier molecular flexibility index (Phi) is 5.48. The van der Waals surface area contributed by atoms with Crippen molar-refractivity contribution in [2.75, 3.05) is 12.1 Å². The fourth-order valence-corrected chi connectivity index (χ4v) is 3.21. The molecular formula is C17H15Cl2F3N4O2. The molecular weight excluding hydrogens is 420 g/mol. The van der Waals surface area contributed by atoms with Crippen LogP contribution in [-0.2, 0) is 9.63 Å². The molecule has 2 aromatic rings. The summed E-state index contributed by atoms with van der Waals surface area (Å²) in [6, 6.07) is 9.57. The van der Waals surface area contributed by atoms with E-state index < -0.39 is 24.6 Å². The summed E-state index contributed by atoms with van der Waals surface area (Å²) in [5.74, 6) is -2.40. The second-order valence-electron chi connectivity index (χ2n) is 6.12. The van der Waals surface area contributed by atoms with Crippen LogP contribution in [0.5, 0.6) is 0 Å². The second kappa shape index (κ2) is 7.41. The number of carbonyl (C=O) groups excluding carboxylic acids is 1. The SMILES string of the molecule is CN1C(N)c2ccc(-c3cc(Cl)ccc3Cl)cc2N(OC(=O)C(F)(F)F)C1N. The van der Waals surface area contributed by atoms with Gasteiger partial charge in [0.05, 0.1) is 11.9 Å². The van der Waals surface area contributed by atoms with Crippen molar-refractivity contribution in [2.45, 2.75) is 18.6 Å². The van der Waals surface area contributed by atoms with Gasteiger partial charge in [-0.25, -0.2) is 4.79 Å². The molecule has 28 heavy (non-hydrogen) atoms. The predicted octanol–water partition coefficient (Wildman–Crippen LogP) is 3.63. The van der Waals surface area contributed by atoms with Crippen molar-refractivity contribution in [1.29, 1.82) is 0 Å². The molecule has 0 bridgehead atoms. The largest absolute Gasteiger partial charge is 0.493 e. The molecule has 0 spiro atoms. The van der Waals surface area contributed by atoms with Crippen LogP contribution in [-0.4, -0.2) is 30.4 Å². The van der Waals surface area contributed by atoms with Crippen LogP contribution in [0.25, 0.3) is 11.1 Å². The molecule has 1 aliphatic heterocycles. The molecule has 1 heterocycles. The molecule has 6 nitrogen and oxygen atoms in total. The van der Waals surface area contributed by atoms with Gasteiger partial charge in [-0.15, -0.1) is 0 Å². The lowest BCUT2D eigenvalue weighted by atomic mass is 9.99. The summed E-state index contributed by atoms with van der Waals surface area (Å²) in [6.45, 7) is 0. The van der Waals surface area contributed by atoms with Crippen LogP contribution in [0.1, 0.15) is 11.7 Å². The molecule has 2 unspecified atom stereocenters. The molecule has 150 valence electrons. The quantitative estimate of drug-likeness (QED) is 0.750. The van der Waals surface area contributed by atoms with E-state index in [-0.39, 0.29) is 5.69 Å². The highest BCUT2D eigenvalue weighted by Crippen LogP contribution is 2.39. The maximum Gasteiger partial charge on any atom is 0.493 e. The van der Waals surface area contributed by atoms with Crippen molar-refractivity contribution in [2.24, 2.45) is 11.5 Å². The molecule has 0 fully saturated rings. The number of anilines is 1. The van der Waals surface area contributed by atoms with E-state index in [9.17, 15) is 18.0 Å². The monoisotopic (exact) mass is 434 g/mol. The highest BCUT2D eigenvalue weighted by atomic mass is 35.5. The summed E-state index contributed by atoms with van der Waals surface area (Å²) in [5.41, 5.74) is 13.7. The molecule has 2 atom stereocenters. The fraction of sp³-hybridized carbons (Fsp3) is 0.235. The first-order chi connectivity index (χ1) is 13.0. The highest BCUT2D eigenvalue weighted by Gasteiger charge is 2.45. The van der Waals surface area contributed by atoms with Crippen molar-refractivity contribution < 1.29 is 22.8 Å². The van der Waals surface area contributed by atoms with Gasteiger partial charge in [-0.1, -0.05) is 35.3 Å². The third-order valence-electron chi connectivity index (χ3n) is 4.33. The van der Waals surface area contributed by atoms with E-state index in [1.165, 1.54) is 18.0 Å². The Morgan fingerprint density at radius 2 is 1.82 bits per heavy atom. The number of nitrogens with zero attached hydrogens (tertiary/aromatic N) is 2. The minimum absolute atomic E-state index is 0.115. The van der Waals surface area contributed by atoms with Gasteiger partial charge in [0, 0.05) is 21.2 Å². The third kappa shape index (κ3) is 3.76. The zero-order valence-electron chi connectivity index (χ0n) is 14.4. The molecule has 0 aliphatic carbocycles. The van der Waals surface area contributed by atoms with Crippen LogP contribution in [0.4, 0.5) is 18.9 Å². The standard InChI is InChI=1S/C17H15Cl2F3N4O2/c1-25-14(23)10-4-2-8(11-7-9(18)3-5-12(11)19)6-13(10)26(16(25)24)28-15(27)17(20,21)22/h2-7,14,16H,23-24H2,1H3. The van der Waals surface area contributed by atoms with Crippen molar-refractivity contribution in [3.8, 4) is 11.1 Å². The minimum atomic E-state index is -5.19. The lowest BCUT2D eigenvalue weighted by Crippen LogP contribution is -2.60. The number of fused-ring (bicyclic) bond motifs is 1. The normalized spacial score (nSPS) is 20.1. The van der Waals surface area contributed by atoms with E-state index in [0.717, 1.165) is 0 Å². The minimum Gasteiger partial charge on any atom is -0.329 e. The van der Waals surface area contributed by atoms with E-state index in [2.05, 4.69) is 4.84 Å². The molecule has 11 heteroatoms.